The Bertz CT molecular complexity index is 957. The number of amides is 1. The summed E-state index contributed by atoms with van der Waals surface area (Å²) < 4.78 is 39.1. The summed E-state index contributed by atoms with van der Waals surface area (Å²) in [5.41, 5.74) is 6.63. The monoisotopic (exact) mass is 408 g/mol. The van der Waals surface area contributed by atoms with E-state index in [1.807, 2.05) is 0 Å². The van der Waals surface area contributed by atoms with Crippen molar-refractivity contribution in [2.75, 3.05) is 13.1 Å². The van der Waals surface area contributed by atoms with Crippen LogP contribution < -0.4 is 5.73 Å². The lowest BCUT2D eigenvalue weighted by molar-refractivity contribution is -0.137. The number of carbonyl (C=O) groups is 1. The number of aromatic nitrogens is 1. The second kappa shape index (κ2) is 7.63. The van der Waals surface area contributed by atoms with Crippen LogP contribution in [0, 0.1) is 5.41 Å². The van der Waals surface area contributed by atoms with Gasteiger partial charge in [-0.25, -0.2) is 0 Å². The molecule has 1 amide bonds. The first kappa shape index (κ1) is 19.9. The molecule has 1 aliphatic rings. The van der Waals surface area contributed by atoms with Crippen LogP contribution in [-0.4, -0.2) is 34.6 Å². The average molecular weight is 409 g/mol. The number of hydrogen-bond acceptors (Lipinski definition) is 4. The second-order valence-electron chi connectivity index (χ2n) is 6.25. The van der Waals surface area contributed by atoms with Gasteiger partial charge in [0.2, 0.25) is 0 Å². The number of halogens is 4. The normalized spacial score (nSPS) is 16.9. The number of hydrogen-bond donors (Lipinski definition) is 2. The van der Waals surface area contributed by atoms with Crippen LogP contribution in [0.5, 0.6) is 0 Å². The first-order valence-electron chi connectivity index (χ1n) is 8.32. The van der Waals surface area contributed by atoms with Crippen molar-refractivity contribution >= 4 is 28.9 Å². The summed E-state index contributed by atoms with van der Waals surface area (Å²) in [4.78, 5) is 18.0. The summed E-state index contributed by atoms with van der Waals surface area (Å²) in [6, 6.07) is 6.71. The van der Waals surface area contributed by atoms with E-state index in [4.69, 9.17) is 22.7 Å². The molecule has 3 N–H and O–H groups in total. The summed E-state index contributed by atoms with van der Waals surface area (Å²) >= 11 is 5.85. The van der Waals surface area contributed by atoms with Gasteiger partial charge in [-0.2, -0.15) is 13.2 Å². The highest BCUT2D eigenvalue weighted by molar-refractivity contribution is 6.34. The van der Waals surface area contributed by atoms with Gasteiger partial charge in [0, 0.05) is 35.8 Å². The van der Waals surface area contributed by atoms with E-state index < -0.39 is 22.7 Å². The summed E-state index contributed by atoms with van der Waals surface area (Å²) in [6.07, 6.45) is -1.17. The lowest BCUT2D eigenvalue weighted by Crippen LogP contribution is -2.41. The molecule has 0 unspecified atom stereocenters. The molecule has 28 heavy (non-hydrogen) atoms. The number of nitrogens with one attached hydrogen (secondary N) is 1. The molecule has 1 aliphatic heterocycles. The zero-order valence-corrected chi connectivity index (χ0v) is 15.3. The predicted molar refractivity (Wildman–Crippen MR) is 100 cm³/mol. The molecule has 0 atom stereocenters. The van der Waals surface area contributed by atoms with Crippen molar-refractivity contribution in [3.8, 4) is 0 Å². The minimum absolute atomic E-state index is 0.0678. The summed E-state index contributed by atoms with van der Waals surface area (Å²) in [5.74, 6) is -0.653. The van der Waals surface area contributed by atoms with E-state index in [-0.39, 0.29) is 24.4 Å². The van der Waals surface area contributed by atoms with Crippen molar-refractivity contribution in [1.82, 2.24) is 9.88 Å². The first-order chi connectivity index (χ1) is 13.2. The summed E-state index contributed by atoms with van der Waals surface area (Å²) in [5, 5.41) is 7.61. The van der Waals surface area contributed by atoms with Gasteiger partial charge in [-0.3, -0.25) is 9.78 Å². The zero-order valence-electron chi connectivity index (χ0n) is 14.6. The molecular formula is C19H16ClF3N4O. The number of carbonyl (C=O) groups excluding carboxylic acids is 1. The Morgan fingerprint density at radius 3 is 2.61 bits per heavy atom. The summed E-state index contributed by atoms with van der Waals surface area (Å²) in [7, 11) is 0. The number of alkyl halides is 3. The smallest absolute Gasteiger partial charge is 0.398 e. The number of rotatable bonds is 2. The molecule has 0 spiro atoms. The lowest BCUT2D eigenvalue weighted by atomic mass is 9.96. The highest BCUT2D eigenvalue weighted by atomic mass is 35.5. The molecule has 1 fully saturated rings. The maximum Gasteiger partial charge on any atom is 0.417 e. The van der Waals surface area contributed by atoms with Gasteiger partial charge in [-0.15, -0.1) is 0 Å². The average Bonchev–Trinajstić information content (AvgIpc) is 2.67. The van der Waals surface area contributed by atoms with Gasteiger partial charge in [0.1, 0.15) is 0 Å². The number of piperidine rings is 1. The second-order valence-corrected chi connectivity index (χ2v) is 6.63. The van der Waals surface area contributed by atoms with Crippen molar-refractivity contribution in [3.05, 3.63) is 70.0 Å². The largest absolute Gasteiger partial charge is 0.417 e. The Morgan fingerprint density at radius 2 is 2.00 bits per heavy atom. The molecule has 1 saturated heterocycles. The molecule has 3 rings (SSSR count). The Kier molecular flexibility index (Phi) is 5.42. The molecule has 1 aromatic heterocycles. The number of nitrogens with two attached hydrogens (primary N) is 1. The van der Waals surface area contributed by atoms with Crippen LogP contribution in [0.3, 0.4) is 0 Å². The van der Waals surface area contributed by atoms with E-state index in [0.717, 1.165) is 12.1 Å². The van der Waals surface area contributed by atoms with Crippen molar-refractivity contribution < 1.29 is 18.0 Å². The summed E-state index contributed by atoms with van der Waals surface area (Å²) in [6.45, 7) is 0.145. The minimum Gasteiger partial charge on any atom is -0.398 e. The number of pyridine rings is 1. The molecule has 5 nitrogen and oxygen atoms in total. The van der Waals surface area contributed by atoms with Gasteiger partial charge >= 0.3 is 6.18 Å². The van der Waals surface area contributed by atoms with Gasteiger partial charge in [-0.05, 0) is 30.7 Å². The van der Waals surface area contributed by atoms with Crippen LogP contribution in [0.4, 0.5) is 13.2 Å². The lowest BCUT2D eigenvalue weighted by Gasteiger charge is -2.30. The molecule has 1 aromatic carbocycles. The van der Waals surface area contributed by atoms with Gasteiger partial charge in [0.05, 0.1) is 28.4 Å². The molecule has 0 radical (unpaired) electrons. The number of benzene rings is 1. The molecule has 0 bridgehead atoms. The van der Waals surface area contributed by atoms with E-state index in [9.17, 15) is 18.0 Å². The van der Waals surface area contributed by atoms with Crippen LogP contribution >= 0.6 is 11.6 Å². The SMILES string of the molecule is N=C1CN(C(=O)c2cccc(C(F)(F)F)c2Cl)CCC1=C(N)c1cccnc1. The number of nitrogens with zero attached hydrogens (tertiary/aromatic N) is 2. The van der Waals surface area contributed by atoms with Crippen molar-refractivity contribution in [2.24, 2.45) is 5.73 Å². The van der Waals surface area contributed by atoms with Gasteiger partial charge in [-0.1, -0.05) is 17.7 Å². The predicted octanol–water partition coefficient (Wildman–Crippen LogP) is 3.99. The van der Waals surface area contributed by atoms with Crippen LogP contribution in [0.1, 0.15) is 27.9 Å². The van der Waals surface area contributed by atoms with E-state index in [2.05, 4.69) is 4.98 Å². The van der Waals surface area contributed by atoms with Gasteiger partial charge < -0.3 is 16.0 Å². The molecule has 0 aliphatic carbocycles. The van der Waals surface area contributed by atoms with E-state index in [1.165, 1.54) is 11.0 Å². The quantitative estimate of drug-likeness (QED) is 0.788. The Hall–Kier alpha value is -2.87. The van der Waals surface area contributed by atoms with Crippen LogP contribution in [0.2, 0.25) is 5.02 Å². The molecule has 9 heteroatoms. The fraction of sp³-hybridized carbons (Fsp3) is 0.211. The van der Waals surface area contributed by atoms with Crippen LogP contribution in [0.25, 0.3) is 5.70 Å². The third-order valence-corrected chi connectivity index (χ3v) is 4.87. The van der Waals surface area contributed by atoms with Crippen LogP contribution in [-0.2, 0) is 6.18 Å². The Labute approximate surface area is 164 Å². The first-order valence-corrected chi connectivity index (χ1v) is 8.69. The van der Waals surface area contributed by atoms with E-state index in [1.54, 1.807) is 24.5 Å². The third-order valence-electron chi connectivity index (χ3n) is 4.46. The zero-order chi connectivity index (χ0) is 20.5. The molecule has 2 aromatic rings. The highest BCUT2D eigenvalue weighted by Gasteiger charge is 2.35. The van der Waals surface area contributed by atoms with Crippen LogP contribution in [0.15, 0.2) is 48.3 Å². The maximum absolute atomic E-state index is 13.0. The topological polar surface area (TPSA) is 83.1 Å². The fourth-order valence-electron chi connectivity index (χ4n) is 3.02. The Balaban J connectivity index is 1.83. The molecule has 146 valence electrons. The van der Waals surface area contributed by atoms with Gasteiger partial charge in [0.15, 0.2) is 0 Å². The third kappa shape index (κ3) is 3.87. The standard InChI is InChI=1S/C19H16ClF3N4O/c20-16-13(4-1-5-14(16)19(21,22)23)18(28)27-8-6-12(15(24)10-27)17(25)11-3-2-7-26-9-11/h1-5,7,9,24H,6,8,10,25H2. The van der Waals surface area contributed by atoms with Crippen molar-refractivity contribution in [2.45, 2.75) is 12.6 Å². The molecular weight excluding hydrogens is 393 g/mol. The van der Waals surface area contributed by atoms with Crippen molar-refractivity contribution in [3.63, 3.8) is 0 Å². The van der Waals surface area contributed by atoms with E-state index >= 15 is 0 Å². The minimum atomic E-state index is -4.66. The van der Waals surface area contributed by atoms with E-state index in [0.29, 0.717) is 23.3 Å². The molecule has 2 heterocycles. The molecule has 0 saturated carbocycles. The van der Waals surface area contributed by atoms with Gasteiger partial charge in [0.25, 0.3) is 5.91 Å². The highest BCUT2D eigenvalue weighted by Crippen LogP contribution is 2.36. The Morgan fingerprint density at radius 1 is 1.25 bits per heavy atom. The van der Waals surface area contributed by atoms with Crippen molar-refractivity contribution in [1.29, 1.82) is 5.41 Å². The maximum atomic E-state index is 13.0. The number of likely N-dealkylation sites (tertiary alicyclic amines) is 1. The fourth-order valence-corrected chi connectivity index (χ4v) is 3.33.